The van der Waals surface area contributed by atoms with Crippen molar-refractivity contribution < 1.29 is 28.6 Å². The Kier molecular flexibility index (Phi) is 9.91. The van der Waals surface area contributed by atoms with Gasteiger partial charge in [-0.05, 0) is 72.9 Å². The Labute approximate surface area is 299 Å². The van der Waals surface area contributed by atoms with Crippen LogP contribution >= 0.6 is 11.3 Å². The van der Waals surface area contributed by atoms with Crippen molar-refractivity contribution in [3.63, 3.8) is 0 Å². The molecule has 2 aromatic carbocycles. The summed E-state index contributed by atoms with van der Waals surface area (Å²) in [6, 6.07) is 16.9. The molecule has 1 N–H and O–H groups in total. The van der Waals surface area contributed by atoms with Crippen LogP contribution in [0.5, 0.6) is 11.5 Å². The first-order valence-electron chi connectivity index (χ1n) is 16.8. The van der Waals surface area contributed by atoms with Gasteiger partial charge in [-0.1, -0.05) is 6.07 Å². The number of amides is 3. The number of benzene rings is 2. The van der Waals surface area contributed by atoms with Crippen LogP contribution in [-0.4, -0.2) is 84.6 Å². The molecule has 2 aliphatic rings. The number of fused-ring (bicyclic) bond motifs is 2. The number of aryl methyl sites for hydroxylation is 1. The Morgan fingerprint density at radius 2 is 1.84 bits per heavy atom. The minimum absolute atomic E-state index is 0.201. The number of methoxy groups -OCH3 is 1. The molecule has 7 rings (SSSR count). The predicted octanol–water partition coefficient (Wildman–Crippen LogP) is 5.28. The fraction of sp³-hybridized carbons (Fsp3) is 0.316. The number of ether oxygens (including phenoxy) is 3. The number of aromatic nitrogens is 3. The molecule has 5 heterocycles. The molecule has 2 aliphatic heterocycles. The summed E-state index contributed by atoms with van der Waals surface area (Å²) < 4.78 is 18.6. The van der Waals surface area contributed by atoms with Crippen LogP contribution in [-0.2, 0) is 27.3 Å². The summed E-state index contributed by atoms with van der Waals surface area (Å²) in [6.45, 7) is 1.71. The lowest BCUT2D eigenvalue weighted by Gasteiger charge is -2.29. The van der Waals surface area contributed by atoms with Gasteiger partial charge in [0, 0.05) is 63.3 Å². The number of imide groups is 1. The van der Waals surface area contributed by atoms with Gasteiger partial charge in [-0.25, -0.2) is 9.97 Å². The van der Waals surface area contributed by atoms with Gasteiger partial charge in [0.1, 0.15) is 35.0 Å². The van der Waals surface area contributed by atoms with E-state index in [2.05, 4.69) is 28.5 Å². The number of hydrogen-bond donors (Lipinski definition) is 1. The number of hydrogen-bond acceptors (Lipinski definition) is 11. The molecule has 1 atom stereocenters. The van der Waals surface area contributed by atoms with Crippen molar-refractivity contribution >= 4 is 45.1 Å². The van der Waals surface area contributed by atoms with Crippen molar-refractivity contribution in [2.45, 2.75) is 38.3 Å². The maximum atomic E-state index is 12.9. The Bertz CT molecular complexity index is 2100. The van der Waals surface area contributed by atoms with Crippen molar-refractivity contribution in [3.8, 4) is 33.3 Å². The maximum absolute atomic E-state index is 12.9. The van der Waals surface area contributed by atoms with Gasteiger partial charge in [0.05, 0.1) is 35.2 Å². The molecule has 0 radical (unpaired) electrons. The fourth-order valence-corrected chi connectivity index (χ4v) is 7.35. The number of thiazole rings is 1. The molecule has 3 aromatic heterocycles. The molecule has 12 nitrogen and oxygen atoms in total. The zero-order valence-corrected chi connectivity index (χ0v) is 29.5. The van der Waals surface area contributed by atoms with Gasteiger partial charge in [0.25, 0.3) is 5.91 Å². The second-order valence-electron chi connectivity index (χ2n) is 12.7. The molecule has 0 bridgehead atoms. The van der Waals surface area contributed by atoms with Crippen molar-refractivity contribution in [2.24, 2.45) is 0 Å². The number of carbonyl (C=O) groups excluding carboxylic acids is 3. The summed E-state index contributed by atoms with van der Waals surface area (Å²) in [5, 5.41) is 3.18. The summed E-state index contributed by atoms with van der Waals surface area (Å²) in [7, 11) is 5.58. The molecule has 51 heavy (non-hydrogen) atoms. The highest BCUT2D eigenvalue weighted by atomic mass is 32.1. The van der Waals surface area contributed by atoms with Gasteiger partial charge >= 0.3 is 0 Å². The van der Waals surface area contributed by atoms with Crippen LogP contribution < -0.4 is 19.7 Å². The number of carbonyl (C=O) groups is 3. The van der Waals surface area contributed by atoms with E-state index in [0.717, 1.165) is 56.3 Å². The van der Waals surface area contributed by atoms with E-state index in [-0.39, 0.29) is 18.2 Å². The fourth-order valence-electron chi connectivity index (χ4n) is 6.31. The number of nitrogens with zero attached hydrogens (tertiary/aromatic N) is 5. The molecule has 13 heteroatoms. The van der Waals surface area contributed by atoms with Crippen LogP contribution in [0.2, 0.25) is 0 Å². The van der Waals surface area contributed by atoms with E-state index in [1.807, 2.05) is 55.7 Å². The average Bonchev–Trinajstić information content (AvgIpc) is 3.71. The number of piperidine rings is 1. The van der Waals surface area contributed by atoms with E-state index in [4.69, 9.17) is 24.2 Å². The molecule has 5 aromatic rings. The first-order valence-corrected chi connectivity index (χ1v) is 17.6. The second kappa shape index (κ2) is 14.8. The van der Waals surface area contributed by atoms with Crippen LogP contribution in [0.15, 0.2) is 67.0 Å². The Morgan fingerprint density at radius 3 is 2.63 bits per heavy atom. The smallest absolute Gasteiger partial charge is 0.255 e. The summed E-state index contributed by atoms with van der Waals surface area (Å²) in [5.74, 6) is 1.31. The minimum atomic E-state index is -0.636. The highest BCUT2D eigenvalue weighted by Gasteiger charge is 2.39. The third-order valence-electron chi connectivity index (χ3n) is 9.02. The van der Waals surface area contributed by atoms with Gasteiger partial charge < -0.3 is 24.0 Å². The molecule has 3 amide bonds. The topological polar surface area (TPSA) is 136 Å². The summed E-state index contributed by atoms with van der Waals surface area (Å²) in [4.78, 5) is 54.3. The van der Waals surface area contributed by atoms with Crippen molar-refractivity contribution in [1.29, 1.82) is 0 Å². The number of rotatable bonds is 13. The number of pyridine rings is 2. The van der Waals surface area contributed by atoms with E-state index < -0.39 is 11.9 Å². The first kappa shape index (κ1) is 34.1. The number of anilines is 1. The monoisotopic (exact) mass is 706 g/mol. The highest BCUT2D eigenvalue weighted by molar-refractivity contribution is 7.21. The molecular weight excluding hydrogens is 669 g/mol. The van der Waals surface area contributed by atoms with Crippen LogP contribution in [0.25, 0.3) is 32.0 Å². The lowest BCUT2D eigenvalue weighted by Crippen LogP contribution is -2.52. The van der Waals surface area contributed by atoms with Crippen LogP contribution in [0.3, 0.4) is 0 Å². The lowest BCUT2D eigenvalue weighted by molar-refractivity contribution is -0.136. The van der Waals surface area contributed by atoms with Gasteiger partial charge in [-0.3, -0.25) is 24.7 Å². The third-order valence-corrected chi connectivity index (χ3v) is 10.1. The van der Waals surface area contributed by atoms with Crippen LogP contribution in [0.1, 0.15) is 40.7 Å². The van der Waals surface area contributed by atoms with E-state index in [9.17, 15) is 14.4 Å². The van der Waals surface area contributed by atoms with E-state index in [1.165, 1.54) is 10.5 Å². The second-order valence-corrected chi connectivity index (χ2v) is 13.7. The third kappa shape index (κ3) is 7.40. The molecule has 0 saturated carbocycles. The van der Waals surface area contributed by atoms with E-state index in [1.54, 1.807) is 30.6 Å². The van der Waals surface area contributed by atoms with Crippen molar-refractivity contribution in [1.82, 2.24) is 25.2 Å². The molecule has 0 spiro atoms. The zero-order valence-electron chi connectivity index (χ0n) is 28.7. The van der Waals surface area contributed by atoms with Gasteiger partial charge in [0.15, 0.2) is 0 Å². The molecule has 1 fully saturated rings. The Morgan fingerprint density at radius 1 is 0.961 bits per heavy atom. The zero-order chi connectivity index (χ0) is 35.5. The quantitative estimate of drug-likeness (QED) is 0.127. The molecule has 1 unspecified atom stereocenters. The van der Waals surface area contributed by atoms with E-state index in [0.29, 0.717) is 49.8 Å². The van der Waals surface area contributed by atoms with Gasteiger partial charge in [-0.2, -0.15) is 0 Å². The standard InChI is InChI=1S/C38H38N6O6S/c1-43(2)34-12-7-24(20-40-34)30-19-32(48-3)28(21-39-30)37-41-29-10-6-23(17-33(29)51-37)5-4-14-49-15-16-50-26-8-9-27-25(18-26)22-44(38(27)47)31-11-13-35(45)42-36(31)46/h6-10,12,17-21,31H,4-5,11,13-16,22H2,1-3H3,(H,42,45,46). The largest absolute Gasteiger partial charge is 0.496 e. The lowest BCUT2D eigenvalue weighted by atomic mass is 10.0. The summed E-state index contributed by atoms with van der Waals surface area (Å²) in [5.41, 5.74) is 6.05. The minimum Gasteiger partial charge on any atom is -0.496 e. The normalized spacial score (nSPS) is 15.6. The van der Waals surface area contributed by atoms with E-state index >= 15 is 0 Å². The molecule has 0 aliphatic carbocycles. The Balaban J connectivity index is 0.879. The molecule has 1 saturated heterocycles. The van der Waals surface area contributed by atoms with Crippen LogP contribution in [0, 0.1) is 0 Å². The molecule has 262 valence electrons. The average molecular weight is 707 g/mol. The maximum Gasteiger partial charge on any atom is 0.255 e. The SMILES string of the molecule is COc1cc(-c2ccc(N(C)C)nc2)ncc1-c1nc2ccc(CCCOCCOc3ccc4c(c3)CN(C3CCC(=O)NC3=O)C4=O)cc2s1. The number of nitrogens with one attached hydrogen (secondary N) is 1. The van der Waals surface area contributed by atoms with Crippen LogP contribution in [0.4, 0.5) is 5.82 Å². The van der Waals surface area contributed by atoms with Crippen molar-refractivity contribution in [3.05, 3.63) is 83.7 Å². The van der Waals surface area contributed by atoms with Gasteiger partial charge in [0.2, 0.25) is 11.8 Å². The summed E-state index contributed by atoms with van der Waals surface area (Å²) in [6.07, 6.45) is 5.92. The summed E-state index contributed by atoms with van der Waals surface area (Å²) >= 11 is 1.62. The predicted molar refractivity (Wildman–Crippen MR) is 194 cm³/mol. The highest BCUT2D eigenvalue weighted by Crippen LogP contribution is 2.37. The first-order chi connectivity index (χ1) is 24.8. The Hall–Kier alpha value is -5.40. The van der Waals surface area contributed by atoms with Crippen molar-refractivity contribution in [2.75, 3.05) is 45.9 Å². The molecular formula is C38H38N6O6S. The van der Waals surface area contributed by atoms with Gasteiger partial charge in [-0.15, -0.1) is 11.3 Å².